The number of piperidine rings is 1. The average molecular weight is 311 g/mol. The Balaban J connectivity index is 1.58. The normalized spacial score (nSPS) is 26.2. The molecule has 2 aliphatic rings. The predicted octanol–water partition coefficient (Wildman–Crippen LogP) is 0.850. The second kappa shape index (κ2) is 5.62. The van der Waals surface area contributed by atoms with Crippen molar-refractivity contribution < 1.29 is 13.2 Å². The van der Waals surface area contributed by atoms with Crippen LogP contribution >= 0.6 is 0 Å². The fraction of sp³-hybridized carbons (Fsp3) is 0.714. The van der Waals surface area contributed by atoms with Crippen molar-refractivity contribution in [2.45, 2.75) is 31.3 Å². The van der Waals surface area contributed by atoms with Gasteiger partial charge in [0.25, 0.3) is 0 Å². The van der Waals surface area contributed by atoms with Crippen molar-refractivity contribution in [3.05, 3.63) is 24.3 Å². The molecule has 1 spiro atoms. The SMILES string of the molecule is CS(=O)(=O)N1CCC2(CC1)CC(Cc1cncnc1)CO2. The second-order valence-corrected chi connectivity index (χ2v) is 8.16. The monoisotopic (exact) mass is 311 g/mol. The zero-order valence-corrected chi connectivity index (χ0v) is 13.1. The molecule has 1 aromatic rings. The van der Waals surface area contributed by atoms with Crippen LogP contribution in [0.4, 0.5) is 0 Å². The van der Waals surface area contributed by atoms with E-state index in [0.29, 0.717) is 19.0 Å². The molecule has 0 N–H and O–H groups in total. The Morgan fingerprint density at radius 1 is 1.33 bits per heavy atom. The quantitative estimate of drug-likeness (QED) is 0.827. The third-order valence-corrected chi connectivity index (χ3v) is 5.83. The first-order valence-electron chi connectivity index (χ1n) is 7.30. The molecule has 0 aliphatic carbocycles. The molecule has 2 fully saturated rings. The van der Waals surface area contributed by atoms with Crippen molar-refractivity contribution in [2.24, 2.45) is 5.92 Å². The molecule has 0 saturated carbocycles. The molecule has 0 amide bonds. The molecule has 116 valence electrons. The van der Waals surface area contributed by atoms with Crippen LogP contribution in [0.25, 0.3) is 0 Å². The molecule has 2 saturated heterocycles. The third kappa shape index (κ3) is 3.41. The van der Waals surface area contributed by atoms with Gasteiger partial charge in [0, 0.05) is 25.5 Å². The lowest BCUT2D eigenvalue weighted by Gasteiger charge is -2.37. The minimum atomic E-state index is -3.07. The maximum absolute atomic E-state index is 11.6. The fourth-order valence-electron chi connectivity index (χ4n) is 3.41. The number of hydrogen-bond donors (Lipinski definition) is 0. The van der Waals surface area contributed by atoms with Crippen LogP contribution in [0.2, 0.25) is 0 Å². The van der Waals surface area contributed by atoms with Crippen molar-refractivity contribution in [1.29, 1.82) is 0 Å². The Hall–Kier alpha value is -1.05. The van der Waals surface area contributed by atoms with Gasteiger partial charge in [0.2, 0.25) is 10.0 Å². The summed E-state index contributed by atoms with van der Waals surface area (Å²) < 4.78 is 30.8. The summed E-state index contributed by atoms with van der Waals surface area (Å²) in [4.78, 5) is 8.08. The van der Waals surface area contributed by atoms with E-state index in [1.165, 1.54) is 12.6 Å². The number of rotatable bonds is 3. The van der Waals surface area contributed by atoms with Gasteiger partial charge < -0.3 is 4.74 Å². The molecule has 0 bridgehead atoms. The van der Waals surface area contributed by atoms with E-state index in [1.807, 2.05) is 12.4 Å². The lowest BCUT2D eigenvalue weighted by molar-refractivity contribution is -0.0313. The number of sulfonamides is 1. The van der Waals surface area contributed by atoms with Gasteiger partial charge in [-0.2, -0.15) is 0 Å². The van der Waals surface area contributed by atoms with Crippen molar-refractivity contribution >= 4 is 10.0 Å². The largest absolute Gasteiger partial charge is 0.375 e. The summed E-state index contributed by atoms with van der Waals surface area (Å²) in [7, 11) is -3.07. The first-order chi connectivity index (χ1) is 9.97. The Morgan fingerprint density at radius 3 is 2.62 bits per heavy atom. The standard InChI is InChI=1S/C14H21N3O3S/c1-21(18,19)17-4-2-14(3-5-17)7-12(10-20-14)6-13-8-15-11-16-9-13/h8-9,11-12H,2-7,10H2,1H3. The van der Waals surface area contributed by atoms with Crippen LogP contribution in [0.15, 0.2) is 18.7 Å². The lowest BCUT2D eigenvalue weighted by Crippen LogP contribution is -2.46. The van der Waals surface area contributed by atoms with Crippen molar-refractivity contribution in [1.82, 2.24) is 14.3 Å². The van der Waals surface area contributed by atoms with E-state index in [4.69, 9.17) is 4.74 Å². The number of nitrogens with zero attached hydrogens (tertiary/aromatic N) is 3. The topological polar surface area (TPSA) is 72.4 Å². The number of aromatic nitrogens is 2. The van der Waals surface area contributed by atoms with Gasteiger partial charge in [-0.15, -0.1) is 0 Å². The second-order valence-electron chi connectivity index (χ2n) is 6.18. The van der Waals surface area contributed by atoms with Crippen LogP contribution < -0.4 is 0 Å². The highest BCUT2D eigenvalue weighted by Gasteiger charge is 2.43. The Bertz CT molecular complexity index is 583. The van der Waals surface area contributed by atoms with Gasteiger partial charge >= 0.3 is 0 Å². The average Bonchev–Trinajstić information content (AvgIpc) is 2.82. The van der Waals surface area contributed by atoms with Gasteiger partial charge in [-0.25, -0.2) is 22.7 Å². The molecule has 0 radical (unpaired) electrons. The Morgan fingerprint density at radius 2 is 2.00 bits per heavy atom. The highest BCUT2D eigenvalue weighted by molar-refractivity contribution is 7.88. The number of ether oxygens (including phenoxy) is 1. The molecule has 1 atom stereocenters. The summed E-state index contributed by atoms with van der Waals surface area (Å²) in [6.45, 7) is 1.88. The lowest BCUT2D eigenvalue weighted by atomic mass is 9.84. The molecular formula is C14H21N3O3S. The molecular weight excluding hydrogens is 290 g/mol. The zero-order valence-electron chi connectivity index (χ0n) is 12.2. The van der Waals surface area contributed by atoms with Crippen molar-refractivity contribution in [3.63, 3.8) is 0 Å². The first kappa shape index (κ1) is 14.9. The smallest absolute Gasteiger partial charge is 0.211 e. The molecule has 6 nitrogen and oxygen atoms in total. The van der Waals surface area contributed by atoms with Gasteiger partial charge in [0.1, 0.15) is 6.33 Å². The summed E-state index contributed by atoms with van der Waals surface area (Å²) >= 11 is 0. The molecule has 21 heavy (non-hydrogen) atoms. The molecule has 1 aromatic heterocycles. The van der Waals surface area contributed by atoms with Gasteiger partial charge in [-0.1, -0.05) is 0 Å². The summed E-state index contributed by atoms with van der Waals surface area (Å²) in [5, 5.41) is 0. The van der Waals surface area contributed by atoms with Gasteiger partial charge in [0.15, 0.2) is 0 Å². The predicted molar refractivity (Wildman–Crippen MR) is 78.2 cm³/mol. The molecule has 7 heteroatoms. The molecule has 1 unspecified atom stereocenters. The summed E-state index contributed by atoms with van der Waals surface area (Å²) in [5.74, 6) is 0.473. The van der Waals surface area contributed by atoms with E-state index in [1.54, 1.807) is 4.31 Å². The molecule has 0 aromatic carbocycles. The van der Waals surface area contributed by atoms with Crippen molar-refractivity contribution in [3.8, 4) is 0 Å². The van der Waals surface area contributed by atoms with E-state index in [9.17, 15) is 8.42 Å². The van der Waals surface area contributed by atoms with E-state index >= 15 is 0 Å². The first-order valence-corrected chi connectivity index (χ1v) is 9.15. The third-order valence-electron chi connectivity index (χ3n) is 4.53. The Kier molecular flexibility index (Phi) is 3.98. The maximum atomic E-state index is 11.6. The number of hydrogen-bond acceptors (Lipinski definition) is 5. The maximum Gasteiger partial charge on any atom is 0.211 e. The summed E-state index contributed by atoms with van der Waals surface area (Å²) in [6, 6.07) is 0. The Labute approximate surface area is 125 Å². The highest BCUT2D eigenvalue weighted by atomic mass is 32.2. The van der Waals surface area contributed by atoms with E-state index in [2.05, 4.69) is 9.97 Å². The minimum absolute atomic E-state index is 0.124. The summed E-state index contributed by atoms with van der Waals surface area (Å²) in [6.07, 6.45) is 10.0. The minimum Gasteiger partial charge on any atom is -0.375 e. The highest BCUT2D eigenvalue weighted by Crippen LogP contribution is 2.40. The molecule has 3 rings (SSSR count). The summed E-state index contributed by atoms with van der Waals surface area (Å²) in [5.41, 5.74) is 1.01. The van der Waals surface area contributed by atoms with Crippen LogP contribution in [-0.2, 0) is 21.2 Å². The van der Waals surface area contributed by atoms with Gasteiger partial charge in [-0.3, -0.25) is 0 Å². The van der Waals surface area contributed by atoms with Crippen LogP contribution in [-0.4, -0.2) is 54.2 Å². The molecule has 2 aliphatic heterocycles. The van der Waals surface area contributed by atoms with Gasteiger partial charge in [0.05, 0.1) is 18.5 Å². The van der Waals surface area contributed by atoms with E-state index in [-0.39, 0.29) is 5.60 Å². The van der Waals surface area contributed by atoms with Gasteiger partial charge in [-0.05, 0) is 37.2 Å². The van der Waals surface area contributed by atoms with E-state index in [0.717, 1.165) is 37.9 Å². The van der Waals surface area contributed by atoms with Crippen LogP contribution in [0.3, 0.4) is 0 Å². The fourth-order valence-corrected chi connectivity index (χ4v) is 4.26. The van der Waals surface area contributed by atoms with E-state index < -0.39 is 10.0 Å². The van der Waals surface area contributed by atoms with Crippen molar-refractivity contribution in [2.75, 3.05) is 26.0 Å². The van der Waals surface area contributed by atoms with Crippen LogP contribution in [0.1, 0.15) is 24.8 Å². The zero-order chi connectivity index (χ0) is 14.9. The van der Waals surface area contributed by atoms with Crippen LogP contribution in [0, 0.1) is 5.92 Å². The van der Waals surface area contributed by atoms with Crippen LogP contribution in [0.5, 0.6) is 0 Å². The molecule has 3 heterocycles.